The second-order valence-electron chi connectivity index (χ2n) is 6.85. The number of rotatable bonds is 8. The van der Waals surface area contributed by atoms with Gasteiger partial charge in [-0.05, 0) is 55.4 Å². The van der Waals surface area contributed by atoms with E-state index in [2.05, 4.69) is 0 Å². The van der Waals surface area contributed by atoms with Crippen LogP contribution in [-0.2, 0) is 9.59 Å². The predicted octanol–water partition coefficient (Wildman–Crippen LogP) is 2.42. The number of benzene rings is 1. The Kier molecular flexibility index (Phi) is 5.46. The first-order valence-electron chi connectivity index (χ1n) is 8.94. The minimum atomic E-state index is -0.796. The van der Waals surface area contributed by atoms with Gasteiger partial charge in [0.2, 0.25) is 0 Å². The highest BCUT2D eigenvalue weighted by Crippen LogP contribution is 2.44. The molecule has 3 rings (SSSR count). The summed E-state index contributed by atoms with van der Waals surface area (Å²) >= 11 is 0. The van der Waals surface area contributed by atoms with Crippen molar-refractivity contribution >= 4 is 11.9 Å². The van der Waals surface area contributed by atoms with Crippen LogP contribution in [0.4, 0.5) is 0 Å². The average Bonchev–Trinajstić information content (AvgIpc) is 3.36. The van der Waals surface area contributed by atoms with E-state index >= 15 is 0 Å². The van der Waals surface area contributed by atoms with Gasteiger partial charge in [-0.25, -0.2) is 0 Å². The topological polar surface area (TPSA) is 76.1 Å². The standard InChI is InChI=1S/C19H25NO5/c1-2-9-24-14-5-7-15(8-6-14)25-12-18(21)20-10-16(13-3-4-13)17(11-20)19(22)23/h5-8,13,16-17H,2-4,9-12H2,1H3,(H,22,23)/t16-,17+/m1/s1. The van der Waals surface area contributed by atoms with Gasteiger partial charge in [-0.3, -0.25) is 9.59 Å². The van der Waals surface area contributed by atoms with Crippen molar-refractivity contribution in [2.24, 2.45) is 17.8 Å². The van der Waals surface area contributed by atoms with Crippen LogP contribution in [0, 0.1) is 17.8 Å². The second-order valence-corrected chi connectivity index (χ2v) is 6.85. The molecule has 0 bridgehead atoms. The Morgan fingerprint density at radius 1 is 1.12 bits per heavy atom. The Labute approximate surface area is 147 Å². The van der Waals surface area contributed by atoms with Crippen molar-refractivity contribution in [3.05, 3.63) is 24.3 Å². The molecule has 1 heterocycles. The lowest BCUT2D eigenvalue weighted by molar-refractivity contribution is -0.142. The van der Waals surface area contributed by atoms with Gasteiger partial charge in [-0.1, -0.05) is 6.92 Å². The molecule has 1 aliphatic carbocycles. The molecule has 1 amide bonds. The molecule has 0 unspecified atom stereocenters. The normalized spacial score (nSPS) is 22.7. The molecule has 2 fully saturated rings. The summed E-state index contributed by atoms with van der Waals surface area (Å²) in [7, 11) is 0. The summed E-state index contributed by atoms with van der Waals surface area (Å²) in [6.45, 7) is 3.47. The first kappa shape index (κ1) is 17.6. The summed E-state index contributed by atoms with van der Waals surface area (Å²) in [6.07, 6.45) is 3.11. The van der Waals surface area contributed by atoms with Gasteiger partial charge in [0.15, 0.2) is 6.61 Å². The summed E-state index contributed by atoms with van der Waals surface area (Å²) in [6, 6.07) is 7.18. The molecule has 2 atom stereocenters. The predicted molar refractivity (Wildman–Crippen MR) is 91.6 cm³/mol. The molecule has 0 aromatic heterocycles. The molecule has 0 radical (unpaired) electrons. The first-order valence-corrected chi connectivity index (χ1v) is 8.94. The van der Waals surface area contributed by atoms with E-state index in [0.29, 0.717) is 31.4 Å². The molecule has 25 heavy (non-hydrogen) atoms. The van der Waals surface area contributed by atoms with E-state index in [1.807, 2.05) is 19.1 Å². The Bertz CT molecular complexity index is 611. The smallest absolute Gasteiger partial charge is 0.308 e. The zero-order chi connectivity index (χ0) is 17.8. The van der Waals surface area contributed by atoms with E-state index < -0.39 is 11.9 Å². The van der Waals surface area contributed by atoms with E-state index in [1.165, 1.54) is 0 Å². The zero-order valence-electron chi connectivity index (χ0n) is 14.5. The largest absolute Gasteiger partial charge is 0.494 e. The highest BCUT2D eigenvalue weighted by atomic mass is 16.5. The van der Waals surface area contributed by atoms with Crippen LogP contribution in [0.25, 0.3) is 0 Å². The number of ether oxygens (including phenoxy) is 2. The highest BCUT2D eigenvalue weighted by molar-refractivity contribution is 5.80. The molecule has 0 spiro atoms. The van der Waals surface area contributed by atoms with Crippen LogP contribution in [0.5, 0.6) is 11.5 Å². The number of likely N-dealkylation sites (tertiary alicyclic amines) is 1. The number of carbonyl (C=O) groups excluding carboxylic acids is 1. The number of carbonyl (C=O) groups is 2. The molecule has 1 aliphatic heterocycles. The molecule has 6 heteroatoms. The zero-order valence-corrected chi connectivity index (χ0v) is 14.5. The van der Waals surface area contributed by atoms with Crippen LogP contribution in [0.2, 0.25) is 0 Å². The maximum atomic E-state index is 12.4. The van der Waals surface area contributed by atoms with Crippen LogP contribution in [-0.4, -0.2) is 48.2 Å². The van der Waals surface area contributed by atoms with Gasteiger partial charge in [0.05, 0.1) is 12.5 Å². The van der Waals surface area contributed by atoms with Crippen molar-refractivity contribution in [1.82, 2.24) is 4.90 Å². The third-order valence-corrected chi connectivity index (χ3v) is 4.92. The number of aliphatic carboxylic acids is 1. The van der Waals surface area contributed by atoms with Crippen LogP contribution in [0.1, 0.15) is 26.2 Å². The van der Waals surface area contributed by atoms with E-state index in [-0.39, 0.29) is 18.4 Å². The Hall–Kier alpha value is -2.24. The molecular formula is C19H25NO5. The number of nitrogens with zero attached hydrogens (tertiary/aromatic N) is 1. The lowest BCUT2D eigenvalue weighted by Crippen LogP contribution is -2.33. The minimum absolute atomic E-state index is 0.0705. The molecule has 136 valence electrons. The van der Waals surface area contributed by atoms with Crippen LogP contribution < -0.4 is 9.47 Å². The fourth-order valence-corrected chi connectivity index (χ4v) is 3.38. The van der Waals surface area contributed by atoms with Crippen LogP contribution in [0.15, 0.2) is 24.3 Å². The summed E-state index contributed by atoms with van der Waals surface area (Å²) in [4.78, 5) is 25.4. The summed E-state index contributed by atoms with van der Waals surface area (Å²) in [5.41, 5.74) is 0. The average molecular weight is 347 g/mol. The van der Waals surface area contributed by atoms with Crippen molar-refractivity contribution in [2.75, 3.05) is 26.3 Å². The lowest BCUT2D eigenvalue weighted by Gasteiger charge is -2.16. The van der Waals surface area contributed by atoms with Crippen molar-refractivity contribution < 1.29 is 24.2 Å². The van der Waals surface area contributed by atoms with Crippen molar-refractivity contribution in [3.63, 3.8) is 0 Å². The molecule has 1 saturated carbocycles. The van der Waals surface area contributed by atoms with Gasteiger partial charge in [-0.2, -0.15) is 0 Å². The van der Waals surface area contributed by atoms with Gasteiger partial charge in [0, 0.05) is 13.1 Å². The van der Waals surface area contributed by atoms with Gasteiger partial charge in [0.1, 0.15) is 11.5 Å². The minimum Gasteiger partial charge on any atom is -0.494 e. The molecule has 1 aromatic carbocycles. The second kappa shape index (κ2) is 7.76. The monoisotopic (exact) mass is 347 g/mol. The van der Waals surface area contributed by atoms with E-state index in [4.69, 9.17) is 9.47 Å². The van der Waals surface area contributed by atoms with Crippen molar-refractivity contribution in [2.45, 2.75) is 26.2 Å². The van der Waals surface area contributed by atoms with Crippen molar-refractivity contribution in [3.8, 4) is 11.5 Å². The Morgan fingerprint density at radius 3 is 2.32 bits per heavy atom. The number of hydrogen-bond acceptors (Lipinski definition) is 4. The van der Waals surface area contributed by atoms with E-state index in [9.17, 15) is 14.7 Å². The molecule has 1 saturated heterocycles. The Morgan fingerprint density at radius 2 is 1.76 bits per heavy atom. The third-order valence-electron chi connectivity index (χ3n) is 4.92. The first-order chi connectivity index (χ1) is 12.1. The van der Waals surface area contributed by atoms with Gasteiger partial charge < -0.3 is 19.5 Å². The quantitative estimate of drug-likeness (QED) is 0.781. The van der Waals surface area contributed by atoms with Crippen molar-refractivity contribution in [1.29, 1.82) is 0 Å². The maximum Gasteiger partial charge on any atom is 0.308 e. The lowest BCUT2D eigenvalue weighted by atomic mass is 9.92. The SMILES string of the molecule is CCCOc1ccc(OCC(=O)N2C[C@H](C(=O)O)[C@@H](C3CC3)C2)cc1. The third kappa shape index (κ3) is 4.44. The molecule has 1 N–H and O–H groups in total. The van der Waals surface area contributed by atoms with E-state index in [1.54, 1.807) is 17.0 Å². The van der Waals surface area contributed by atoms with Gasteiger partial charge in [-0.15, -0.1) is 0 Å². The van der Waals surface area contributed by atoms with E-state index in [0.717, 1.165) is 25.0 Å². The fourth-order valence-electron chi connectivity index (χ4n) is 3.38. The van der Waals surface area contributed by atoms with Crippen LogP contribution in [0.3, 0.4) is 0 Å². The number of hydrogen-bond donors (Lipinski definition) is 1. The maximum absolute atomic E-state index is 12.4. The molecular weight excluding hydrogens is 322 g/mol. The number of carboxylic acids is 1. The molecule has 1 aromatic rings. The van der Waals surface area contributed by atoms with Gasteiger partial charge in [0.25, 0.3) is 5.91 Å². The Balaban J connectivity index is 1.50. The molecule has 6 nitrogen and oxygen atoms in total. The summed E-state index contributed by atoms with van der Waals surface area (Å²) in [5, 5.41) is 9.37. The van der Waals surface area contributed by atoms with Crippen LogP contribution >= 0.6 is 0 Å². The fraction of sp³-hybridized carbons (Fsp3) is 0.579. The highest BCUT2D eigenvalue weighted by Gasteiger charge is 2.46. The number of amides is 1. The molecule has 2 aliphatic rings. The van der Waals surface area contributed by atoms with Gasteiger partial charge >= 0.3 is 5.97 Å². The summed E-state index contributed by atoms with van der Waals surface area (Å²) < 4.78 is 11.1. The summed E-state index contributed by atoms with van der Waals surface area (Å²) in [5.74, 6) is 0.552. The number of carboxylic acid groups (broad SMARTS) is 1.